The van der Waals surface area contributed by atoms with Gasteiger partial charge in [0.05, 0.1) is 17.3 Å². The number of hydrogen-bond donors (Lipinski definition) is 0. The molecule has 0 fully saturated rings. The zero-order chi connectivity index (χ0) is 15.5. The Morgan fingerprint density at radius 1 is 1.24 bits per heavy atom. The second-order valence-corrected chi connectivity index (χ2v) is 7.04. The molecule has 0 aliphatic carbocycles. The number of nitrogens with zero attached hydrogens (tertiary/aromatic N) is 3. The van der Waals surface area contributed by atoms with Gasteiger partial charge in [0.15, 0.2) is 0 Å². The van der Waals surface area contributed by atoms with Crippen molar-refractivity contribution >= 4 is 21.6 Å². The van der Waals surface area contributed by atoms with Gasteiger partial charge in [0.25, 0.3) is 0 Å². The lowest BCUT2D eigenvalue weighted by atomic mass is 10.3. The van der Waals surface area contributed by atoms with Crippen molar-refractivity contribution in [3.05, 3.63) is 53.6 Å². The lowest BCUT2D eigenvalue weighted by molar-refractivity contribution is 0.344. The van der Waals surface area contributed by atoms with Gasteiger partial charge in [-0.25, -0.2) is 8.42 Å². The summed E-state index contributed by atoms with van der Waals surface area (Å²) >= 11 is 6.00. The largest absolute Gasteiger partial charge is 0.263 e. The molecule has 0 spiro atoms. The van der Waals surface area contributed by atoms with E-state index in [-0.39, 0.29) is 22.5 Å². The van der Waals surface area contributed by atoms with Gasteiger partial charge < -0.3 is 0 Å². The van der Waals surface area contributed by atoms with Crippen molar-refractivity contribution < 1.29 is 8.42 Å². The molecule has 0 radical (unpaired) electrons. The van der Waals surface area contributed by atoms with Gasteiger partial charge in [0.1, 0.15) is 4.90 Å². The molecule has 0 bridgehead atoms. The van der Waals surface area contributed by atoms with Crippen LogP contribution >= 0.6 is 11.6 Å². The maximum absolute atomic E-state index is 12.8. The van der Waals surface area contributed by atoms with Crippen LogP contribution in [0.3, 0.4) is 0 Å². The molecule has 0 aliphatic rings. The Morgan fingerprint density at radius 3 is 2.57 bits per heavy atom. The summed E-state index contributed by atoms with van der Waals surface area (Å²) in [6, 6.07) is 6.64. The van der Waals surface area contributed by atoms with Crippen molar-refractivity contribution in [1.29, 1.82) is 0 Å². The first kappa shape index (κ1) is 15.9. The van der Waals surface area contributed by atoms with Crippen molar-refractivity contribution in [1.82, 2.24) is 14.3 Å². The Morgan fingerprint density at radius 2 is 2.00 bits per heavy atom. The summed E-state index contributed by atoms with van der Waals surface area (Å²) in [5.41, 5.74) is 0.676. The van der Waals surface area contributed by atoms with Gasteiger partial charge in [0, 0.05) is 24.6 Å². The van der Waals surface area contributed by atoms with Gasteiger partial charge in [-0.3, -0.25) is 9.97 Å². The van der Waals surface area contributed by atoms with Crippen LogP contribution < -0.4 is 0 Å². The van der Waals surface area contributed by atoms with E-state index in [1.165, 1.54) is 22.8 Å². The molecule has 0 atom stereocenters. The molecule has 0 saturated heterocycles. The van der Waals surface area contributed by atoms with Crippen LogP contribution in [-0.2, 0) is 16.6 Å². The molecule has 2 aromatic heterocycles. The summed E-state index contributed by atoms with van der Waals surface area (Å²) in [6.07, 6.45) is 4.36. The maximum atomic E-state index is 12.8. The van der Waals surface area contributed by atoms with Crippen LogP contribution in [0.4, 0.5) is 0 Å². The fraction of sp³-hybridized carbons (Fsp3) is 0.286. The summed E-state index contributed by atoms with van der Waals surface area (Å²) in [5, 5.41) is 0.164. The summed E-state index contributed by atoms with van der Waals surface area (Å²) in [6.45, 7) is 3.81. The molecule has 0 unspecified atom stereocenters. The predicted molar refractivity (Wildman–Crippen MR) is 81.3 cm³/mol. The SMILES string of the molecule is CC(C)N(Cc1ccccn1)S(=O)(=O)c1cnccc1Cl. The molecule has 0 saturated carbocycles. The van der Waals surface area contributed by atoms with Crippen LogP contribution in [0.15, 0.2) is 47.8 Å². The predicted octanol–water partition coefficient (Wildman–Crippen LogP) is 2.73. The summed E-state index contributed by atoms with van der Waals surface area (Å²) < 4.78 is 26.9. The highest BCUT2D eigenvalue weighted by Crippen LogP contribution is 2.25. The number of halogens is 1. The molecule has 0 N–H and O–H groups in total. The Labute approximate surface area is 129 Å². The van der Waals surface area contributed by atoms with E-state index in [9.17, 15) is 8.42 Å². The normalized spacial score (nSPS) is 12.0. The second-order valence-electron chi connectivity index (χ2n) is 4.77. The van der Waals surface area contributed by atoms with Crippen molar-refractivity contribution in [3.63, 3.8) is 0 Å². The van der Waals surface area contributed by atoms with E-state index in [0.29, 0.717) is 5.69 Å². The van der Waals surface area contributed by atoms with E-state index in [1.54, 1.807) is 18.3 Å². The van der Waals surface area contributed by atoms with Gasteiger partial charge >= 0.3 is 0 Å². The third-order valence-electron chi connectivity index (χ3n) is 2.94. The molecular weight excluding hydrogens is 310 g/mol. The smallest absolute Gasteiger partial charge is 0.246 e. The molecule has 0 aromatic carbocycles. The van der Waals surface area contributed by atoms with Crippen LogP contribution in [0, 0.1) is 0 Å². The number of sulfonamides is 1. The minimum atomic E-state index is -3.73. The highest BCUT2D eigenvalue weighted by atomic mass is 35.5. The minimum Gasteiger partial charge on any atom is -0.263 e. The minimum absolute atomic E-state index is 0.0105. The Kier molecular flexibility index (Phi) is 4.92. The first-order valence-corrected chi connectivity index (χ1v) is 8.26. The molecule has 2 rings (SSSR count). The molecular formula is C14H16ClN3O2S. The van der Waals surface area contributed by atoms with Crippen LogP contribution in [0.25, 0.3) is 0 Å². The number of hydrogen-bond acceptors (Lipinski definition) is 4. The molecule has 112 valence electrons. The van der Waals surface area contributed by atoms with Gasteiger partial charge in [-0.2, -0.15) is 4.31 Å². The van der Waals surface area contributed by atoms with E-state index in [0.717, 1.165) is 0 Å². The van der Waals surface area contributed by atoms with Crippen LogP contribution in [-0.4, -0.2) is 28.7 Å². The first-order chi connectivity index (χ1) is 9.93. The van der Waals surface area contributed by atoms with E-state index >= 15 is 0 Å². The van der Waals surface area contributed by atoms with Crippen LogP contribution in [0.1, 0.15) is 19.5 Å². The number of rotatable bonds is 5. The van der Waals surface area contributed by atoms with Gasteiger partial charge in [-0.1, -0.05) is 17.7 Å². The van der Waals surface area contributed by atoms with Crippen molar-refractivity contribution in [2.45, 2.75) is 31.3 Å². The molecule has 7 heteroatoms. The van der Waals surface area contributed by atoms with Gasteiger partial charge in [-0.15, -0.1) is 0 Å². The van der Waals surface area contributed by atoms with E-state index in [4.69, 9.17) is 11.6 Å². The highest BCUT2D eigenvalue weighted by molar-refractivity contribution is 7.89. The van der Waals surface area contributed by atoms with Crippen molar-refractivity contribution in [2.24, 2.45) is 0 Å². The van der Waals surface area contributed by atoms with Crippen molar-refractivity contribution in [2.75, 3.05) is 0 Å². The third-order valence-corrected chi connectivity index (χ3v) is 5.43. The highest BCUT2D eigenvalue weighted by Gasteiger charge is 2.29. The lowest BCUT2D eigenvalue weighted by Crippen LogP contribution is -2.36. The zero-order valence-electron chi connectivity index (χ0n) is 11.8. The summed E-state index contributed by atoms with van der Waals surface area (Å²) in [4.78, 5) is 8.04. The molecule has 2 heterocycles. The van der Waals surface area contributed by atoms with Gasteiger partial charge in [-0.05, 0) is 32.0 Å². The lowest BCUT2D eigenvalue weighted by Gasteiger charge is -2.25. The Balaban J connectivity index is 2.40. The molecule has 5 nitrogen and oxygen atoms in total. The summed E-state index contributed by atoms with van der Waals surface area (Å²) in [5.74, 6) is 0. The second kappa shape index (κ2) is 6.51. The van der Waals surface area contributed by atoms with Crippen LogP contribution in [0.5, 0.6) is 0 Å². The van der Waals surface area contributed by atoms with Gasteiger partial charge in [0.2, 0.25) is 10.0 Å². The number of aromatic nitrogens is 2. The average molecular weight is 326 g/mol. The summed E-state index contributed by atoms with van der Waals surface area (Å²) in [7, 11) is -3.73. The topological polar surface area (TPSA) is 63.2 Å². The van der Waals surface area contributed by atoms with E-state index < -0.39 is 10.0 Å². The average Bonchev–Trinajstić information content (AvgIpc) is 2.45. The maximum Gasteiger partial charge on any atom is 0.246 e. The van der Waals surface area contributed by atoms with Crippen molar-refractivity contribution in [3.8, 4) is 0 Å². The molecule has 2 aromatic rings. The Hall–Kier alpha value is -1.50. The standard InChI is InChI=1S/C14H16ClN3O2S/c1-11(2)18(10-12-5-3-4-7-17-12)21(19,20)14-9-16-8-6-13(14)15/h3-9,11H,10H2,1-2H3. The van der Waals surface area contributed by atoms with Crippen LogP contribution in [0.2, 0.25) is 5.02 Å². The molecule has 21 heavy (non-hydrogen) atoms. The zero-order valence-corrected chi connectivity index (χ0v) is 13.3. The number of pyridine rings is 2. The molecule has 0 aliphatic heterocycles. The monoisotopic (exact) mass is 325 g/mol. The Bertz CT molecular complexity index is 705. The van der Waals surface area contributed by atoms with E-state index in [2.05, 4.69) is 9.97 Å². The van der Waals surface area contributed by atoms with E-state index in [1.807, 2.05) is 19.9 Å². The third kappa shape index (κ3) is 3.58. The quantitative estimate of drug-likeness (QED) is 0.848. The molecule has 0 amide bonds. The fourth-order valence-corrected chi connectivity index (χ4v) is 3.89. The fourth-order valence-electron chi connectivity index (χ4n) is 1.88. The first-order valence-electron chi connectivity index (χ1n) is 6.44.